The first-order valence-electron chi connectivity index (χ1n) is 10.0. The third-order valence-corrected chi connectivity index (χ3v) is 4.85. The van der Waals surface area contributed by atoms with Gasteiger partial charge in [-0.25, -0.2) is 0 Å². The molecule has 152 valence electrons. The molecule has 0 aliphatic heterocycles. The molecule has 5 aromatic rings. The highest BCUT2D eigenvalue weighted by Gasteiger charge is 1.92. The smallest absolute Gasteiger partial charge is 0.0155 e. The summed E-state index contributed by atoms with van der Waals surface area (Å²) in [4.78, 5) is 0. The van der Waals surface area contributed by atoms with Crippen molar-refractivity contribution < 1.29 is 0 Å². The van der Waals surface area contributed by atoms with Gasteiger partial charge in [0, 0.05) is 0 Å². The molecule has 5 rings (SSSR count). The fraction of sp³-hybridized carbons (Fsp3) is 0.133. The number of aryl methyl sites for hydroxylation is 3. The van der Waals surface area contributed by atoms with Crippen molar-refractivity contribution in [2.45, 2.75) is 28.2 Å². The van der Waals surface area contributed by atoms with Crippen molar-refractivity contribution in [2.75, 3.05) is 0 Å². The van der Waals surface area contributed by atoms with Crippen LogP contribution in [0.5, 0.6) is 0 Å². The molecule has 0 aliphatic rings. The van der Waals surface area contributed by atoms with Crippen LogP contribution in [0.4, 0.5) is 0 Å². The van der Waals surface area contributed by atoms with Crippen molar-refractivity contribution in [3.63, 3.8) is 0 Å². The van der Waals surface area contributed by atoms with E-state index >= 15 is 0 Å². The van der Waals surface area contributed by atoms with Gasteiger partial charge in [0.2, 0.25) is 0 Å². The second-order valence-electron chi connectivity index (χ2n) is 7.30. The van der Waals surface area contributed by atoms with Crippen LogP contribution in [0.25, 0.3) is 21.5 Å². The predicted octanol–water partition coefficient (Wildman–Crippen LogP) is 8.93. The zero-order chi connectivity index (χ0) is 20.5. The van der Waals surface area contributed by atoms with Crippen LogP contribution >= 0.6 is 0 Å². The topological polar surface area (TPSA) is 0 Å². The third kappa shape index (κ3) is 6.60. The summed E-state index contributed by atoms with van der Waals surface area (Å²) in [5.41, 5.74) is 3.99. The van der Waals surface area contributed by atoms with E-state index in [0.717, 1.165) is 0 Å². The van der Waals surface area contributed by atoms with Crippen LogP contribution in [-0.4, -0.2) is 0 Å². The summed E-state index contributed by atoms with van der Waals surface area (Å²) >= 11 is 0. The van der Waals surface area contributed by atoms with E-state index in [1.165, 1.54) is 38.2 Å². The minimum Gasteiger partial charge on any atom is -0.0776 e. The molecule has 0 saturated heterocycles. The Balaban J connectivity index is 0.000000162. The summed E-state index contributed by atoms with van der Waals surface area (Å²) in [5.74, 6) is 0. The number of hydrogen-bond donors (Lipinski definition) is 0. The molecule has 0 nitrogen and oxygen atoms in total. The van der Waals surface area contributed by atoms with Crippen molar-refractivity contribution in [3.8, 4) is 0 Å². The normalized spacial score (nSPS) is 9.57. The number of benzene rings is 5. The molecule has 0 unspecified atom stereocenters. The van der Waals surface area contributed by atoms with Crippen molar-refractivity contribution in [1.29, 1.82) is 0 Å². The molecule has 0 fully saturated rings. The summed E-state index contributed by atoms with van der Waals surface area (Å²) in [6, 6.07) is 40.0. The van der Waals surface area contributed by atoms with Gasteiger partial charge in [-0.3, -0.25) is 0 Å². The van der Waals surface area contributed by atoms with Crippen molar-refractivity contribution in [3.05, 3.63) is 132 Å². The van der Waals surface area contributed by atoms with E-state index in [2.05, 4.69) is 118 Å². The lowest BCUT2D eigenvalue weighted by Gasteiger charge is -1.98. The quantitative estimate of drug-likeness (QED) is 0.247. The van der Waals surface area contributed by atoms with Gasteiger partial charge in [0.1, 0.15) is 0 Å². The molecular weight excluding hydrogens is 360 g/mol. The highest BCUT2D eigenvalue weighted by molar-refractivity contribution is 5.85. The van der Waals surface area contributed by atoms with E-state index in [4.69, 9.17) is 0 Å². The first kappa shape index (κ1) is 22.9. The first-order valence-corrected chi connectivity index (χ1v) is 10.0. The van der Waals surface area contributed by atoms with Crippen LogP contribution in [0.2, 0.25) is 0 Å². The SMILES string of the molecule is C.Cc1ccc2ccccc2c1.Cc1cccc2ccccc12.Cc1ccccc1. The molecule has 0 spiro atoms. The number of hydrogen-bond acceptors (Lipinski definition) is 0. The Hall–Kier alpha value is -3.38. The molecule has 0 aromatic heterocycles. The maximum absolute atomic E-state index is 2.20. The molecule has 0 saturated carbocycles. The summed E-state index contributed by atoms with van der Waals surface area (Å²) in [6.45, 7) is 6.34. The average molecular weight is 393 g/mol. The summed E-state index contributed by atoms with van der Waals surface area (Å²) in [6.07, 6.45) is 0. The summed E-state index contributed by atoms with van der Waals surface area (Å²) < 4.78 is 0. The number of fused-ring (bicyclic) bond motifs is 2. The van der Waals surface area contributed by atoms with Gasteiger partial charge < -0.3 is 0 Å². The highest BCUT2D eigenvalue weighted by atomic mass is 14.0. The Kier molecular flexibility index (Phi) is 8.84. The monoisotopic (exact) mass is 392 g/mol. The molecule has 5 aromatic carbocycles. The van der Waals surface area contributed by atoms with Gasteiger partial charge in [-0.15, -0.1) is 0 Å². The second-order valence-corrected chi connectivity index (χ2v) is 7.30. The molecule has 0 atom stereocenters. The Morgan fingerprint density at radius 2 is 0.967 bits per heavy atom. The highest BCUT2D eigenvalue weighted by Crippen LogP contribution is 2.16. The largest absolute Gasteiger partial charge is 0.0776 e. The molecule has 0 N–H and O–H groups in total. The van der Waals surface area contributed by atoms with Crippen LogP contribution in [0, 0.1) is 20.8 Å². The van der Waals surface area contributed by atoms with Gasteiger partial charge in [-0.05, 0) is 47.9 Å². The van der Waals surface area contributed by atoms with Gasteiger partial charge in [-0.1, -0.05) is 134 Å². The van der Waals surface area contributed by atoms with Gasteiger partial charge in [0.05, 0.1) is 0 Å². The third-order valence-electron chi connectivity index (χ3n) is 4.85. The van der Waals surface area contributed by atoms with Gasteiger partial charge in [0.15, 0.2) is 0 Å². The van der Waals surface area contributed by atoms with Crippen molar-refractivity contribution in [1.82, 2.24) is 0 Å². The van der Waals surface area contributed by atoms with Gasteiger partial charge in [-0.2, -0.15) is 0 Å². The second kappa shape index (κ2) is 11.6. The number of rotatable bonds is 0. The van der Waals surface area contributed by atoms with E-state index in [9.17, 15) is 0 Å². The maximum Gasteiger partial charge on any atom is -0.0155 e. The van der Waals surface area contributed by atoms with Crippen LogP contribution in [-0.2, 0) is 0 Å². The Morgan fingerprint density at radius 3 is 1.60 bits per heavy atom. The standard InChI is InChI=1S/2C11H10.C7H8.CH4/c1-9-5-4-7-10-6-2-3-8-11(9)10;1-9-6-7-10-4-2-3-5-11(10)8-9;1-7-5-3-2-4-6-7;/h2*2-8H,1H3;2-6H,1H3;1H4. The lowest BCUT2D eigenvalue weighted by Crippen LogP contribution is -1.75. The van der Waals surface area contributed by atoms with Crippen LogP contribution < -0.4 is 0 Å². The summed E-state index contributed by atoms with van der Waals surface area (Å²) in [7, 11) is 0. The Morgan fingerprint density at radius 1 is 0.400 bits per heavy atom. The van der Waals surface area contributed by atoms with Crippen LogP contribution in [0.3, 0.4) is 0 Å². The molecule has 0 aliphatic carbocycles. The van der Waals surface area contributed by atoms with E-state index in [1.807, 2.05) is 18.2 Å². The lowest BCUT2D eigenvalue weighted by molar-refractivity contribution is 1.48. The minimum absolute atomic E-state index is 0. The minimum atomic E-state index is 0. The van der Waals surface area contributed by atoms with Gasteiger partial charge in [0.25, 0.3) is 0 Å². The van der Waals surface area contributed by atoms with Crippen LogP contribution in [0.1, 0.15) is 24.1 Å². The van der Waals surface area contributed by atoms with E-state index < -0.39 is 0 Å². The zero-order valence-corrected chi connectivity index (χ0v) is 17.5. The molecule has 0 amide bonds. The summed E-state index contributed by atoms with van der Waals surface area (Å²) in [5, 5.41) is 5.33. The lowest BCUT2D eigenvalue weighted by atomic mass is 10.1. The fourth-order valence-electron chi connectivity index (χ4n) is 3.23. The van der Waals surface area contributed by atoms with Crippen molar-refractivity contribution >= 4 is 21.5 Å². The molecular formula is C30H32. The Labute approximate surface area is 181 Å². The average Bonchev–Trinajstić information content (AvgIpc) is 2.76. The first-order chi connectivity index (χ1) is 14.1. The van der Waals surface area contributed by atoms with E-state index in [0.29, 0.717) is 0 Å². The molecule has 0 heteroatoms. The zero-order valence-electron chi connectivity index (χ0n) is 17.5. The van der Waals surface area contributed by atoms with E-state index in [-0.39, 0.29) is 7.43 Å². The van der Waals surface area contributed by atoms with Crippen molar-refractivity contribution in [2.24, 2.45) is 0 Å². The molecule has 0 bridgehead atoms. The molecule has 0 radical (unpaired) electrons. The Bertz CT molecular complexity index is 1160. The predicted molar refractivity (Wildman–Crippen MR) is 135 cm³/mol. The fourth-order valence-corrected chi connectivity index (χ4v) is 3.23. The van der Waals surface area contributed by atoms with Gasteiger partial charge >= 0.3 is 0 Å². The van der Waals surface area contributed by atoms with E-state index in [1.54, 1.807) is 0 Å². The van der Waals surface area contributed by atoms with Crippen LogP contribution in [0.15, 0.2) is 115 Å². The molecule has 0 heterocycles. The maximum atomic E-state index is 2.20. The molecule has 30 heavy (non-hydrogen) atoms.